The quantitative estimate of drug-likeness (QED) is 0.569. The van der Waals surface area contributed by atoms with E-state index in [9.17, 15) is 0 Å². The summed E-state index contributed by atoms with van der Waals surface area (Å²) in [6.45, 7) is 15.4. The van der Waals surface area contributed by atoms with Gasteiger partial charge in [0.1, 0.15) is 0 Å². The van der Waals surface area contributed by atoms with Gasteiger partial charge >= 0.3 is 0 Å². The molecule has 0 aromatic heterocycles. The van der Waals surface area contributed by atoms with Crippen molar-refractivity contribution in [1.82, 2.24) is 0 Å². The Bertz CT molecular complexity index is 265. The fraction of sp³-hybridized carbons (Fsp3) is 1.00. The largest absolute Gasteiger partial charge is 0.0974 e. The second-order valence-corrected chi connectivity index (χ2v) is 14.5. The zero-order valence-electron chi connectivity index (χ0n) is 13.3. The van der Waals surface area contributed by atoms with Crippen LogP contribution in [0.4, 0.5) is 0 Å². The fourth-order valence-electron chi connectivity index (χ4n) is 4.29. The lowest BCUT2D eigenvalue weighted by molar-refractivity contribution is 0.645. The predicted molar refractivity (Wildman–Crippen MR) is 89.1 cm³/mol. The highest BCUT2D eigenvalue weighted by atomic mass is 31.1. The van der Waals surface area contributed by atoms with E-state index < -0.39 is 0 Å². The van der Waals surface area contributed by atoms with Crippen molar-refractivity contribution in [1.29, 1.82) is 0 Å². The molecule has 2 heteroatoms. The van der Waals surface area contributed by atoms with Crippen LogP contribution in [0.2, 0.25) is 0 Å². The van der Waals surface area contributed by atoms with Gasteiger partial charge in [-0.2, -0.15) is 0 Å². The summed E-state index contributed by atoms with van der Waals surface area (Å²) in [6, 6.07) is 0. The molecule has 2 aliphatic heterocycles. The molecule has 0 bridgehead atoms. The van der Waals surface area contributed by atoms with Crippen molar-refractivity contribution in [2.75, 3.05) is 12.3 Å². The van der Waals surface area contributed by atoms with Crippen LogP contribution in [0.3, 0.4) is 0 Å². The topological polar surface area (TPSA) is 0 Å². The molecule has 2 rings (SSSR count). The van der Waals surface area contributed by atoms with Gasteiger partial charge in [-0.3, -0.25) is 0 Å². The standard InChI is InChI=1S/C16H32P2/c1-13(17-11-7-9-15(17,3)4)14(2)18-12-8-10-16(18,5)6/h13-14H,7-12H2,1-6H3. The molecule has 4 unspecified atom stereocenters. The van der Waals surface area contributed by atoms with Crippen LogP contribution < -0.4 is 0 Å². The van der Waals surface area contributed by atoms with E-state index >= 15 is 0 Å². The van der Waals surface area contributed by atoms with Crippen LogP contribution in [0.15, 0.2) is 0 Å². The van der Waals surface area contributed by atoms with Crippen molar-refractivity contribution in [3.63, 3.8) is 0 Å². The summed E-state index contributed by atoms with van der Waals surface area (Å²) >= 11 is 0. The van der Waals surface area contributed by atoms with Crippen molar-refractivity contribution in [2.24, 2.45) is 0 Å². The van der Waals surface area contributed by atoms with Crippen molar-refractivity contribution in [2.45, 2.75) is 88.9 Å². The molecule has 18 heavy (non-hydrogen) atoms. The average Bonchev–Trinajstić information content (AvgIpc) is 2.78. The van der Waals surface area contributed by atoms with Crippen molar-refractivity contribution in [3.05, 3.63) is 0 Å². The summed E-state index contributed by atoms with van der Waals surface area (Å²) in [5.74, 6) is 0. The van der Waals surface area contributed by atoms with E-state index in [-0.39, 0.29) is 15.8 Å². The van der Waals surface area contributed by atoms with Crippen LogP contribution in [0.25, 0.3) is 0 Å². The molecule has 2 heterocycles. The van der Waals surface area contributed by atoms with Crippen LogP contribution in [0, 0.1) is 0 Å². The van der Waals surface area contributed by atoms with Crippen molar-refractivity contribution >= 4 is 15.8 Å². The van der Waals surface area contributed by atoms with Gasteiger partial charge in [-0.15, -0.1) is 0 Å². The van der Waals surface area contributed by atoms with Gasteiger partial charge in [-0.05, 0) is 59.6 Å². The van der Waals surface area contributed by atoms with E-state index in [2.05, 4.69) is 41.5 Å². The van der Waals surface area contributed by atoms with Gasteiger partial charge in [0.25, 0.3) is 0 Å². The maximum Gasteiger partial charge on any atom is -0.0148 e. The van der Waals surface area contributed by atoms with E-state index in [1.54, 1.807) is 12.3 Å². The van der Waals surface area contributed by atoms with Gasteiger partial charge in [0.15, 0.2) is 0 Å². The van der Waals surface area contributed by atoms with Gasteiger partial charge in [-0.25, -0.2) is 0 Å². The molecule has 0 radical (unpaired) electrons. The summed E-state index contributed by atoms with van der Waals surface area (Å²) in [6.07, 6.45) is 9.07. The molecule has 2 aliphatic rings. The Morgan fingerprint density at radius 1 is 0.722 bits per heavy atom. The van der Waals surface area contributed by atoms with Gasteiger partial charge in [0, 0.05) is 0 Å². The molecule has 0 spiro atoms. The molecule has 0 aliphatic carbocycles. The van der Waals surface area contributed by atoms with Gasteiger partial charge < -0.3 is 0 Å². The second kappa shape index (κ2) is 5.33. The monoisotopic (exact) mass is 286 g/mol. The zero-order chi connectivity index (χ0) is 13.6. The lowest BCUT2D eigenvalue weighted by atomic mass is 10.1. The normalized spacial score (nSPS) is 37.7. The van der Waals surface area contributed by atoms with E-state index in [1.807, 2.05) is 0 Å². The Balaban J connectivity index is 2.07. The summed E-state index contributed by atoms with van der Waals surface area (Å²) in [4.78, 5) is 0. The SMILES string of the molecule is CC(C(C)P1CCCC1(C)C)P1CCCC1(C)C. The molecule has 0 aromatic carbocycles. The highest BCUT2D eigenvalue weighted by Crippen LogP contribution is 2.68. The lowest BCUT2D eigenvalue weighted by Crippen LogP contribution is -2.29. The molecular weight excluding hydrogens is 254 g/mol. The third-order valence-corrected chi connectivity index (χ3v) is 13.9. The molecule has 0 nitrogen and oxygen atoms in total. The van der Waals surface area contributed by atoms with Crippen molar-refractivity contribution in [3.8, 4) is 0 Å². The minimum absolute atomic E-state index is 0.270. The first-order valence-electron chi connectivity index (χ1n) is 7.79. The van der Waals surface area contributed by atoms with Crippen LogP contribution in [-0.2, 0) is 0 Å². The highest BCUT2D eigenvalue weighted by molar-refractivity contribution is 7.64. The summed E-state index contributed by atoms with van der Waals surface area (Å²) in [7, 11) is 0.539. The lowest BCUT2D eigenvalue weighted by Gasteiger charge is -2.42. The average molecular weight is 286 g/mol. The molecule has 0 aromatic rings. The summed E-state index contributed by atoms with van der Waals surface area (Å²) in [5, 5.41) is 1.34. The first kappa shape index (κ1) is 15.3. The molecule has 2 fully saturated rings. The van der Waals surface area contributed by atoms with E-state index in [4.69, 9.17) is 0 Å². The first-order chi connectivity index (χ1) is 8.26. The Kier molecular flexibility index (Phi) is 4.52. The molecule has 2 saturated heterocycles. The van der Waals surface area contributed by atoms with Crippen LogP contribution in [-0.4, -0.2) is 34.0 Å². The van der Waals surface area contributed by atoms with Crippen LogP contribution in [0.5, 0.6) is 0 Å². The minimum Gasteiger partial charge on any atom is -0.0974 e. The minimum atomic E-state index is 0.270. The Morgan fingerprint density at radius 2 is 1.06 bits per heavy atom. The van der Waals surface area contributed by atoms with Crippen LogP contribution >= 0.6 is 15.8 Å². The molecule has 0 amide bonds. The summed E-state index contributed by atoms with van der Waals surface area (Å²) < 4.78 is 0. The molecule has 4 atom stereocenters. The molecule has 106 valence electrons. The molecular formula is C16H32P2. The first-order valence-corrected chi connectivity index (χ1v) is 11.0. The highest BCUT2D eigenvalue weighted by Gasteiger charge is 2.44. The fourth-order valence-corrected chi connectivity index (χ4v) is 12.4. The second-order valence-electron chi connectivity index (χ2n) is 7.70. The number of rotatable bonds is 3. The van der Waals surface area contributed by atoms with Gasteiger partial charge in [0.2, 0.25) is 0 Å². The Hall–Kier alpha value is 0.860. The maximum atomic E-state index is 2.60. The molecule has 0 saturated carbocycles. The third kappa shape index (κ3) is 2.81. The third-order valence-electron chi connectivity index (χ3n) is 5.61. The van der Waals surface area contributed by atoms with E-state index in [0.717, 1.165) is 11.3 Å². The van der Waals surface area contributed by atoms with Gasteiger partial charge in [-0.1, -0.05) is 57.4 Å². The van der Waals surface area contributed by atoms with E-state index in [1.165, 1.54) is 25.7 Å². The van der Waals surface area contributed by atoms with E-state index in [0.29, 0.717) is 10.3 Å². The predicted octanol–water partition coefficient (Wildman–Crippen LogP) is 5.87. The maximum absolute atomic E-state index is 2.60. The van der Waals surface area contributed by atoms with Crippen LogP contribution in [0.1, 0.15) is 67.2 Å². The summed E-state index contributed by atoms with van der Waals surface area (Å²) in [5.41, 5.74) is 2.00. The van der Waals surface area contributed by atoms with Gasteiger partial charge in [0.05, 0.1) is 0 Å². The smallest absolute Gasteiger partial charge is 0.0148 e. The molecule has 0 N–H and O–H groups in total. The van der Waals surface area contributed by atoms with Crippen molar-refractivity contribution < 1.29 is 0 Å². The zero-order valence-corrected chi connectivity index (χ0v) is 15.1. The number of hydrogen-bond acceptors (Lipinski definition) is 0. The Morgan fingerprint density at radius 3 is 1.28 bits per heavy atom. The number of hydrogen-bond donors (Lipinski definition) is 0. The Labute approximate surface area is 117 Å².